The first-order valence-corrected chi connectivity index (χ1v) is 7.14. The van der Waals surface area contributed by atoms with E-state index in [-0.39, 0.29) is 12.1 Å². The smallest absolute Gasteiger partial charge is 0.223 e. The van der Waals surface area contributed by atoms with E-state index in [1.54, 1.807) is 19.4 Å². The molecule has 0 N–H and O–H groups in total. The van der Waals surface area contributed by atoms with Gasteiger partial charge in [0.1, 0.15) is 17.0 Å². The molecule has 2 aromatic heterocycles. The second-order valence-electron chi connectivity index (χ2n) is 4.44. The standard InChI is InChI=1S/C15H11Cl2N3O2/c1-21-8-22-11-4-2-3-9(5-11)13-14-12(19-15(17)20-13)6-10(16)7-18-14/h2-7H,8H2,1H3. The zero-order chi connectivity index (χ0) is 15.5. The normalized spacial score (nSPS) is 10.9. The van der Waals surface area contributed by atoms with Crippen LogP contribution in [0.2, 0.25) is 10.3 Å². The molecule has 0 aliphatic carbocycles. The monoisotopic (exact) mass is 335 g/mol. The Morgan fingerprint density at radius 2 is 2.00 bits per heavy atom. The van der Waals surface area contributed by atoms with Crippen LogP contribution in [0.3, 0.4) is 0 Å². The summed E-state index contributed by atoms with van der Waals surface area (Å²) in [7, 11) is 1.56. The SMILES string of the molecule is COCOc1cccc(-c2nc(Cl)nc3cc(Cl)cnc23)c1. The molecule has 0 bridgehead atoms. The maximum atomic E-state index is 6.01. The lowest BCUT2D eigenvalue weighted by Crippen LogP contribution is -1.99. The van der Waals surface area contributed by atoms with Crippen LogP contribution in [-0.2, 0) is 4.74 Å². The van der Waals surface area contributed by atoms with E-state index in [9.17, 15) is 0 Å². The van der Waals surface area contributed by atoms with Crippen LogP contribution < -0.4 is 4.74 Å². The summed E-state index contributed by atoms with van der Waals surface area (Å²) >= 11 is 12.0. The molecule has 3 aromatic rings. The molecule has 0 aliphatic rings. The van der Waals surface area contributed by atoms with Crippen molar-refractivity contribution in [3.8, 4) is 17.0 Å². The summed E-state index contributed by atoms with van der Waals surface area (Å²) in [5.74, 6) is 0.663. The van der Waals surface area contributed by atoms with Gasteiger partial charge in [0.05, 0.1) is 10.5 Å². The summed E-state index contributed by atoms with van der Waals surface area (Å²) in [5.41, 5.74) is 2.65. The number of nitrogens with zero attached hydrogens (tertiary/aromatic N) is 3. The van der Waals surface area contributed by atoms with Crippen LogP contribution in [0, 0.1) is 0 Å². The fourth-order valence-corrected chi connectivity index (χ4v) is 2.35. The molecule has 112 valence electrons. The van der Waals surface area contributed by atoms with Crippen molar-refractivity contribution >= 4 is 34.2 Å². The van der Waals surface area contributed by atoms with Gasteiger partial charge in [-0.15, -0.1) is 0 Å². The number of hydrogen-bond donors (Lipinski definition) is 0. The minimum atomic E-state index is 0.134. The zero-order valence-electron chi connectivity index (χ0n) is 11.6. The summed E-state index contributed by atoms with van der Waals surface area (Å²) in [6.07, 6.45) is 1.55. The number of fused-ring (bicyclic) bond motifs is 1. The Hall–Kier alpha value is -1.95. The Bertz CT molecular complexity index is 822. The number of ether oxygens (including phenoxy) is 2. The van der Waals surface area contributed by atoms with Crippen molar-refractivity contribution in [1.29, 1.82) is 0 Å². The molecule has 5 nitrogen and oxygen atoms in total. The van der Waals surface area contributed by atoms with E-state index >= 15 is 0 Å². The molecular formula is C15H11Cl2N3O2. The van der Waals surface area contributed by atoms with E-state index in [0.717, 1.165) is 5.56 Å². The highest BCUT2D eigenvalue weighted by Gasteiger charge is 2.11. The van der Waals surface area contributed by atoms with Crippen LogP contribution in [-0.4, -0.2) is 28.9 Å². The molecule has 7 heteroatoms. The van der Waals surface area contributed by atoms with Gasteiger partial charge in [-0.1, -0.05) is 23.7 Å². The lowest BCUT2D eigenvalue weighted by atomic mass is 10.1. The Morgan fingerprint density at radius 3 is 2.82 bits per heavy atom. The van der Waals surface area contributed by atoms with Gasteiger partial charge in [-0.05, 0) is 29.8 Å². The molecule has 0 atom stereocenters. The number of rotatable bonds is 4. The topological polar surface area (TPSA) is 57.1 Å². The van der Waals surface area contributed by atoms with Crippen molar-refractivity contribution < 1.29 is 9.47 Å². The minimum Gasteiger partial charge on any atom is -0.468 e. The van der Waals surface area contributed by atoms with Gasteiger partial charge in [0.15, 0.2) is 6.79 Å². The van der Waals surface area contributed by atoms with Gasteiger partial charge in [0, 0.05) is 18.9 Å². The molecule has 0 saturated carbocycles. The summed E-state index contributed by atoms with van der Waals surface area (Å²) in [4.78, 5) is 12.7. The van der Waals surface area contributed by atoms with Crippen LogP contribution in [0.5, 0.6) is 5.75 Å². The largest absolute Gasteiger partial charge is 0.468 e. The summed E-state index contributed by atoms with van der Waals surface area (Å²) in [6.45, 7) is 0.169. The third kappa shape index (κ3) is 3.11. The molecule has 0 radical (unpaired) electrons. The van der Waals surface area contributed by atoms with Crippen LogP contribution in [0.15, 0.2) is 36.5 Å². The third-order valence-corrected chi connectivity index (χ3v) is 3.30. The average molecular weight is 336 g/mol. The Labute approximate surface area is 136 Å². The highest BCUT2D eigenvalue weighted by molar-refractivity contribution is 6.31. The van der Waals surface area contributed by atoms with Gasteiger partial charge in [0.2, 0.25) is 5.28 Å². The lowest BCUT2D eigenvalue weighted by molar-refractivity contribution is 0.0511. The quantitative estimate of drug-likeness (QED) is 0.533. The molecule has 0 spiro atoms. The van der Waals surface area contributed by atoms with Crippen LogP contribution in [0.1, 0.15) is 0 Å². The van der Waals surface area contributed by atoms with E-state index in [0.29, 0.717) is 27.5 Å². The first-order valence-electron chi connectivity index (χ1n) is 6.38. The number of methoxy groups -OCH3 is 1. The van der Waals surface area contributed by atoms with Gasteiger partial charge in [0.25, 0.3) is 0 Å². The van der Waals surface area contributed by atoms with E-state index in [1.165, 1.54) is 0 Å². The molecule has 0 fully saturated rings. The lowest BCUT2D eigenvalue weighted by Gasteiger charge is -2.08. The van der Waals surface area contributed by atoms with E-state index in [1.807, 2.05) is 24.3 Å². The number of hydrogen-bond acceptors (Lipinski definition) is 5. The first-order chi connectivity index (χ1) is 10.7. The van der Waals surface area contributed by atoms with E-state index < -0.39 is 0 Å². The van der Waals surface area contributed by atoms with Crippen molar-refractivity contribution in [3.63, 3.8) is 0 Å². The van der Waals surface area contributed by atoms with Crippen LogP contribution in [0.25, 0.3) is 22.3 Å². The fourth-order valence-electron chi connectivity index (χ4n) is 2.03. The van der Waals surface area contributed by atoms with E-state index in [2.05, 4.69) is 15.0 Å². The minimum absolute atomic E-state index is 0.134. The summed E-state index contributed by atoms with van der Waals surface area (Å²) in [6, 6.07) is 9.13. The Morgan fingerprint density at radius 1 is 1.14 bits per heavy atom. The molecule has 0 saturated heterocycles. The van der Waals surface area contributed by atoms with Crippen LogP contribution >= 0.6 is 23.2 Å². The van der Waals surface area contributed by atoms with Crippen molar-refractivity contribution in [3.05, 3.63) is 46.8 Å². The summed E-state index contributed by atoms with van der Waals surface area (Å²) < 4.78 is 10.3. The molecule has 0 unspecified atom stereocenters. The molecule has 2 heterocycles. The Kier molecular flexibility index (Phi) is 4.38. The van der Waals surface area contributed by atoms with Gasteiger partial charge >= 0.3 is 0 Å². The molecule has 1 aromatic carbocycles. The number of aromatic nitrogens is 3. The maximum absolute atomic E-state index is 6.01. The predicted octanol–water partition coefficient (Wildman–Crippen LogP) is 3.98. The number of benzene rings is 1. The zero-order valence-corrected chi connectivity index (χ0v) is 13.1. The van der Waals surface area contributed by atoms with E-state index in [4.69, 9.17) is 32.7 Å². The van der Waals surface area contributed by atoms with Crippen molar-refractivity contribution in [1.82, 2.24) is 15.0 Å². The van der Waals surface area contributed by atoms with Gasteiger partial charge in [-0.3, -0.25) is 4.98 Å². The number of pyridine rings is 1. The second-order valence-corrected chi connectivity index (χ2v) is 5.22. The van der Waals surface area contributed by atoms with Gasteiger partial charge in [-0.25, -0.2) is 9.97 Å². The first kappa shape index (κ1) is 15.0. The maximum Gasteiger partial charge on any atom is 0.223 e. The predicted molar refractivity (Wildman–Crippen MR) is 85.3 cm³/mol. The molecular weight excluding hydrogens is 325 g/mol. The molecule has 22 heavy (non-hydrogen) atoms. The highest BCUT2D eigenvalue weighted by Crippen LogP contribution is 2.29. The number of halogens is 2. The van der Waals surface area contributed by atoms with Gasteiger partial charge < -0.3 is 9.47 Å². The van der Waals surface area contributed by atoms with Gasteiger partial charge in [-0.2, -0.15) is 0 Å². The van der Waals surface area contributed by atoms with Crippen molar-refractivity contribution in [2.45, 2.75) is 0 Å². The highest BCUT2D eigenvalue weighted by atomic mass is 35.5. The molecule has 3 rings (SSSR count). The molecule has 0 amide bonds. The molecule has 0 aliphatic heterocycles. The van der Waals surface area contributed by atoms with Crippen molar-refractivity contribution in [2.24, 2.45) is 0 Å². The second kappa shape index (κ2) is 6.44. The summed E-state index contributed by atoms with van der Waals surface area (Å²) in [5, 5.41) is 0.625. The fraction of sp³-hybridized carbons (Fsp3) is 0.133. The van der Waals surface area contributed by atoms with Crippen molar-refractivity contribution in [2.75, 3.05) is 13.9 Å². The van der Waals surface area contributed by atoms with Crippen LogP contribution in [0.4, 0.5) is 0 Å². The third-order valence-electron chi connectivity index (χ3n) is 2.93. The average Bonchev–Trinajstić information content (AvgIpc) is 2.52. The Balaban J connectivity index is 2.13.